The number of halogens is 2. The van der Waals surface area contributed by atoms with Crippen LogP contribution in [0, 0.1) is 9.52 Å². The summed E-state index contributed by atoms with van der Waals surface area (Å²) >= 11 is 1.95. The SMILES string of the molecule is COCCOc1cc2c(cc1F)c(I)nn2C(=O)OC(C)(C)C. The molecule has 23 heavy (non-hydrogen) atoms. The third-order valence-electron chi connectivity index (χ3n) is 2.80. The van der Waals surface area contributed by atoms with Crippen molar-refractivity contribution < 1.29 is 23.4 Å². The van der Waals surface area contributed by atoms with Crippen molar-refractivity contribution in [1.82, 2.24) is 9.78 Å². The van der Waals surface area contributed by atoms with Crippen LogP contribution in [0.5, 0.6) is 5.75 Å². The minimum absolute atomic E-state index is 0.0376. The Labute approximate surface area is 147 Å². The highest BCUT2D eigenvalue weighted by Crippen LogP contribution is 2.28. The zero-order valence-electron chi connectivity index (χ0n) is 13.4. The molecular weight excluding hydrogens is 418 g/mol. The second kappa shape index (κ2) is 7.00. The first kappa shape index (κ1) is 17.9. The molecule has 0 bridgehead atoms. The third kappa shape index (κ3) is 4.31. The highest BCUT2D eigenvalue weighted by Gasteiger charge is 2.23. The zero-order chi connectivity index (χ0) is 17.2. The Balaban J connectivity index is 2.42. The van der Waals surface area contributed by atoms with E-state index < -0.39 is 17.5 Å². The lowest BCUT2D eigenvalue weighted by Crippen LogP contribution is -2.27. The molecule has 1 aromatic carbocycles. The maximum absolute atomic E-state index is 14.1. The van der Waals surface area contributed by atoms with E-state index in [2.05, 4.69) is 5.10 Å². The number of methoxy groups -OCH3 is 1. The monoisotopic (exact) mass is 436 g/mol. The summed E-state index contributed by atoms with van der Waals surface area (Å²) in [4.78, 5) is 12.3. The maximum atomic E-state index is 14.1. The Hall–Kier alpha value is -1.42. The quantitative estimate of drug-likeness (QED) is 0.542. The average Bonchev–Trinajstić information content (AvgIpc) is 2.74. The summed E-state index contributed by atoms with van der Waals surface area (Å²) < 4.78 is 31.2. The molecule has 0 aliphatic carbocycles. The number of carbonyl (C=O) groups is 1. The number of fused-ring (bicyclic) bond motifs is 1. The van der Waals surface area contributed by atoms with E-state index in [0.717, 1.165) is 4.68 Å². The van der Waals surface area contributed by atoms with Gasteiger partial charge in [-0.15, -0.1) is 0 Å². The van der Waals surface area contributed by atoms with Crippen LogP contribution < -0.4 is 4.74 Å². The number of hydrogen-bond acceptors (Lipinski definition) is 5. The fourth-order valence-electron chi connectivity index (χ4n) is 1.87. The van der Waals surface area contributed by atoms with Crippen molar-refractivity contribution in [3.05, 3.63) is 21.7 Å². The van der Waals surface area contributed by atoms with Gasteiger partial charge in [0.05, 0.1) is 12.1 Å². The van der Waals surface area contributed by atoms with Gasteiger partial charge in [0.25, 0.3) is 0 Å². The molecule has 1 heterocycles. The van der Waals surface area contributed by atoms with E-state index in [1.54, 1.807) is 20.8 Å². The number of nitrogens with zero attached hydrogens (tertiary/aromatic N) is 2. The molecule has 0 unspecified atom stereocenters. The van der Waals surface area contributed by atoms with Crippen molar-refractivity contribution in [3.8, 4) is 5.75 Å². The summed E-state index contributed by atoms with van der Waals surface area (Å²) in [5, 5.41) is 4.66. The average molecular weight is 436 g/mol. The van der Waals surface area contributed by atoms with Crippen LogP contribution in [0.2, 0.25) is 0 Å². The first-order chi connectivity index (χ1) is 10.7. The predicted octanol–water partition coefficient (Wildman–Crippen LogP) is 3.59. The summed E-state index contributed by atoms with van der Waals surface area (Å²) in [5.74, 6) is -0.481. The molecule has 6 nitrogen and oxygen atoms in total. The fourth-order valence-corrected chi connectivity index (χ4v) is 2.52. The van der Waals surface area contributed by atoms with Gasteiger partial charge in [-0.2, -0.15) is 9.78 Å². The molecule has 0 aliphatic heterocycles. The molecule has 126 valence electrons. The second-order valence-corrected chi connectivity index (χ2v) is 6.85. The molecule has 2 rings (SSSR count). The summed E-state index contributed by atoms with van der Waals surface area (Å²) in [6.45, 7) is 5.83. The summed E-state index contributed by atoms with van der Waals surface area (Å²) in [7, 11) is 1.53. The number of rotatable bonds is 4. The van der Waals surface area contributed by atoms with Crippen molar-refractivity contribution in [2.45, 2.75) is 26.4 Å². The van der Waals surface area contributed by atoms with Gasteiger partial charge in [-0.3, -0.25) is 0 Å². The molecular formula is C15H18FIN2O4. The summed E-state index contributed by atoms with van der Waals surface area (Å²) in [6, 6.07) is 2.74. The number of carbonyl (C=O) groups excluding carboxylic acids is 1. The molecule has 0 saturated carbocycles. The first-order valence-electron chi connectivity index (χ1n) is 6.96. The van der Waals surface area contributed by atoms with Gasteiger partial charge in [-0.05, 0) is 49.4 Å². The van der Waals surface area contributed by atoms with Crippen LogP contribution >= 0.6 is 22.6 Å². The Morgan fingerprint density at radius 1 is 1.35 bits per heavy atom. The van der Waals surface area contributed by atoms with Gasteiger partial charge in [0.15, 0.2) is 11.6 Å². The van der Waals surface area contributed by atoms with Crippen LogP contribution in [0.15, 0.2) is 12.1 Å². The van der Waals surface area contributed by atoms with Crippen LogP contribution in [0.1, 0.15) is 20.8 Å². The maximum Gasteiger partial charge on any atom is 0.435 e. The van der Waals surface area contributed by atoms with Gasteiger partial charge >= 0.3 is 6.09 Å². The van der Waals surface area contributed by atoms with Crippen molar-refractivity contribution in [2.24, 2.45) is 0 Å². The number of benzene rings is 1. The van der Waals surface area contributed by atoms with Crippen molar-refractivity contribution >= 4 is 39.6 Å². The Kier molecular flexibility index (Phi) is 5.45. The van der Waals surface area contributed by atoms with Gasteiger partial charge in [0.1, 0.15) is 15.9 Å². The highest BCUT2D eigenvalue weighted by molar-refractivity contribution is 14.1. The number of ether oxygens (including phenoxy) is 3. The third-order valence-corrected chi connectivity index (χ3v) is 3.60. The Bertz CT molecular complexity index is 724. The second-order valence-electron chi connectivity index (χ2n) is 5.82. The minimum Gasteiger partial charge on any atom is -0.488 e. The molecule has 2 aromatic rings. The molecule has 0 spiro atoms. The van der Waals surface area contributed by atoms with Crippen LogP contribution in [-0.2, 0) is 9.47 Å². The van der Waals surface area contributed by atoms with Crippen LogP contribution in [0.25, 0.3) is 10.9 Å². The Morgan fingerprint density at radius 2 is 2.04 bits per heavy atom. The largest absolute Gasteiger partial charge is 0.488 e. The first-order valence-corrected chi connectivity index (χ1v) is 8.03. The van der Waals surface area contributed by atoms with E-state index >= 15 is 0 Å². The molecule has 0 radical (unpaired) electrons. The van der Waals surface area contributed by atoms with Gasteiger partial charge in [0.2, 0.25) is 0 Å². The van der Waals surface area contributed by atoms with Gasteiger partial charge in [-0.25, -0.2) is 9.18 Å². The van der Waals surface area contributed by atoms with E-state index in [-0.39, 0.29) is 12.4 Å². The minimum atomic E-state index is -0.654. The lowest BCUT2D eigenvalue weighted by molar-refractivity contribution is 0.0522. The smallest absolute Gasteiger partial charge is 0.435 e. The lowest BCUT2D eigenvalue weighted by atomic mass is 10.2. The number of aromatic nitrogens is 2. The molecule has 0 N–H and O–H groups in total. The molecule has 8 heteroatoms. The van der Waals surface area contributed by atoms with E-state index in [9.17, 15) is 9.18 Å². The molecule has 1 aromatic heterocycles. The van der Waals surface area contributed by atoms with Crippen LogP contribution in [0.3, 0.4) is 0 Å². The number of hydrogen-bond donors (Lipinski definition) is 0. The van der Waals surface area contributed by atoms with Crippen LogP contribution in [0.4, 0.5) is 9.18 Å². The molecule has 0 amide bonds. The molecule has 0 atom stereocenters. The standard InChI is InChI=1S/C15H18FIN2O4/c1-15(2,3)23-14(20)19-11-8-12(22-6-5-21-4)10(16)7-9(11)13(17)18-19/h7-8H,5-6H2,1-4H3. The fraction of sp³-hybridized carbons (Fsp3) is 0.467. The van der Waals surface area contributed by atoms with Gasteiger partial charge in [0, 0.05) is 18.6 Å². The lowest BCUT2D eigenvalue weighted by Gasteiger charge is -2.19. The normalized spacial score (nSPS) is 11.7. The van der Waals surface area contributed by atoms with Crippen molar-refractivity contribution in [1.29, 1.82) is 0 Å². The van der Waals surface area contributed by atoms with Crippen molar-refractivity contribution in [3.63, 3.8) is 0 Å². The predicted molar refractivity (Wildman–Crippen MR) is 91.4 cm³/mol. The highest BCUT2D eigenvalue weighted by atomic mass is 127. The van der Waals surface area contributed by atoms with E-state index in [1.165, 1.54) is 19.2 Å². The topological polar surface area (TPSA) is 62.6 Å². The molecule has 0 fully saturated rings. The summed E-state index contributed by atoms with van der Waals surface area (Å²) in [6.07, 6.45) is -0.625. The van der Waals surface area contributed by atoms with E-state index in [4.69, 9.17) is 14.2 Å². The van der Waals surface area contributed by atoms with E-state index in [0.29, 0.717) is 21.2 Å². The van der Waals surface area contributed by atoms with E-state index in [1.807, 2.05) is 22.6 Å². The van der Waals surface area contributed by atoms with Crippen molar-refractivity contribution in [2.75, 3.05) is 20.3 Å². The van der Waals surface area contributed by atoms with Gasteiger partial charge < -0.3 is 14.2 Å². The van der Waals surface area contributed by atoms with Crippen LogP contribution in [-0.4, -0.2) is 41.8 Å². The molecule has 0 saturated heterocycles. The summed E-state index contributed by atoms with van der Waals surface area (Å²) in [5.41, 5.74) is -0.226. The zero-order valence-corrected chi connectivity index (χ0v) is 15.5. The molecule has 0 aliphatic rings. The van der Waals surface area contributed by atoms with Gasteiger partial charge in [-0.1, -0.05) is 0 Å². The Morgan fingerprint density at radius 3 is 2.65 bits per heavy atom.